The molecule has 1 aromatic rings. The number of benzene rings is 1. The molecule has 0 radical (unpaired) electrons. The lowest BCUT2D eigenvalue weighted by Gasteiger charge is -2.10. The molecule has 1 aromatic carbocycles. The van der Waals surface area contributed by atoms with Gasteiger partial charge in [0, 0.05) is 0 Å². The average Bonchev–Trinajstić information content (AvgIpc) is 2.18. The van der Waals surface area contributed by atoms with Crippen molar-refractivity contribution < 1.29 is 27.1 Å². The molecule has 0 saturated heterocycles. The lowest BCUT2D eigenvalue weighted by molar-refractivity contribution is -0.139. The smallest absolute Gasteiger partial charge is 0.392 e. The summed E-state index contributed by atoms with van der Waals surface area (Å²) in [5, 5.41) is 0. The Hall–Kier alpha value is -1.59. The predicted octanol–water partition coefficient (Wildman–Crippen LogP) is 2.97. The van der Waals surface area contributed by atoms with E-state index in [0.717, 1.165) is 6.07 Å². The molecular weight excluding hydrogens is 228 g/mol. The molecule has 0 unspecified atom stereocenters. The third kappa shape index (κ3) is 3.52. The first-order chi connectivity index (χ1) is 7.44. The van der Waals surface area contributed by atoms with Crippen LogP contribution in [0.1, 0.15) is 16.8 Å². The van der Waals surface area contributed by atoms with Crippen molar-refractivity contribution >= 4 is 6.29 Å². The van der Waals surface area contributed by atoms with E-state index < -0.39 is 30.8 Å². The third-order valence-electron chi connectivity index (χ3n) is 1.76. The minimum absolute atomic E-state index is 0.109. The van der Waals surface area contributed by atoms with Gasteiger partial charge < -0.3 is 4.74 Å². The number of carbonyl (C=O) groups excluding carboxylic acids is 1. The van der Waals surface area contributed by atoms with Crippen LogP contribution in [0.4, 0.5) is 17.6 Å². The van der Waals surface area contributed by atoms with Crippen LogP contribution in [-0.2, 0) is 0 Å². The molecule has 16 heavy (non-hydrogen) atoms. The number of alkyl halides is 3. The van der Waals surface area contributed by atoms with E-state index in [2.05, 4.69) is 4.74 Å². The van der Waals surface area contributed by atoms with Crippen molar-refractivity contribution in [3.63, 3.8) is 0 Å². The minimum Gasteiger partial charge on any atom is -0.489 e. The summed E-state index contributed by atoms with van der Waals surface area (Å²) < 4.78 is 53.1. The van der Waals surface area contributed by atoms with Crippen molar-refractivity contribution in [2.75, 3.05) is 6.61 Å². The number of aldehydes is 1. The fourth-order valence-corrected chi connectivity index (χ4v) is 1.04. The van der Waals surface area contributed by atoms with Crippen molar-refractivity contribution in [1.82, 2.24) is 0 Å². The molecule has 0 aliphatic rings. The Labute approximate surface area is 88.8 Å². The standard InChI is InChI=1S/C10H8F4O2/c11-8-3-1-2-7(6-15)9(8)16-5-4-10(12,13)14/h1-3,6H,4-5H2. The summed E-state index contributed by atoms with van der Waals surface area (Å²) in [5.74, 6) is -1.30. The Morgan fingerprint density at radius 1 is 1.31 bits per heavy atom. The fourth-order valence-electron chi connectivity index (χ4n) is 1.04. The highest BCUT2D eigenvalue weighted by Crippen LogP contribution is 2.24. The Bertz CT molecular complexity index is 374. The van der Waals surface area contributed by atoms with Crippen molar-refractivity contribution in [3.8, 4) is 5.75 Å². The van der Waals surface area contributed by atoms with Crippen molar-refractivity contribution in [2.45, 2.75) is 12.6 Å². The molecule has 0 saturated carbocycles. The summed E-state index contributed by atoms with van der Waals surface area (Å²) >= 11 is 0. The van der Waals surface area contributed by atoms with Gasteiger partial charge in [-0.2, -0.15) is 13.2 Å². The molecule has 0 aliphatic carbocycles. The number of para-hydroxylation sites is 1. The van der Waals surface area contributed by atoms with Crippen molar-refractivity contribution in [3.05, 3.63) is 29.6 Å². The van der Waals surface area contributed by atoms with E-state index in [1.807, 2.05) is 0 Å². The van der Waals surface area contributed by atoms with E-state index >= 15 is 0 Å². The summed E-state index contributed by atoms with van der Waals surface area (Å²) in [6.45, 7) is -0.717. The van der Waals surface area contributed by atoms with Crippen LogP contribution >= 0.6 is 0 Å². The van der Waals surface area contributed by atoms with E-state index in [0.29, 0.717) is 6.29 Å². The van der Waals surface area contributed by atoms with Crippen LogP contribution in [0.25, 0.3) is 0 Å². The van der Waals surface area contributed by atoms with Gasteiger partial charge in [-0.05, 0) is 12.1 Å². The second-order valence-electron chi connectivity index (χ2n) is 2.99. The van der Waals surface area contributed by atoms with E-state index in [1.165, 1.54) is 12.1 Å². The lowest BCUT2D eigenvalue weighted by atomic mass is 10.2. The van der Waals surface area contributed by atoms with Crippen LogP contribution in [0.2, 0.25) is 0 Å². The molecule has 0 amide bonds. The third-order valence-corrected chi connectivity index (χ3v) is 1.76. The van der Waals surface area contributed by atoms with Gasteiger partial charge in [0.1, 0.15) is 0 Å². The Kier molecular flexibility index (Phi) is 3.87. The van der Waals surface area contributed by atoms with Gasteiger partial charge in [0.25, 0.3) is 0 Å². The van der Waals surface area contributed by atoms with Crippen LogP contribution in [0.3, 0.4) is 0 Å². The van der Waals surface area contributed by atoms with Gasteiger partial charge in [0.05, 0.1) is 18.6 Å². The van der Waals surface area contributed by atoms with Gasteiger partial charge in [-0.25, -0.2) is 4.39 Å². The highest BCUT2D eigenvalue weighted by Gasteiger charge is 2.27. The normalized spacial score (nSPS) is 11.2. The zero-order valence-corrected chi connectivity index (χ0v) is 8.05. The van der Waals surface area contributed by atoms with Gasteiger partial charge in [0.2, 0.25) is 0 Å². The second-order valence-corrected chi connectivity index (χ2v) is 2.99. The molecule has 0 spiro atoms. The molecule has 0 fully saturated rings. The molecule has 2 nitrogen and oxygen atoms in total. The van der Waals surface area contributed by atoms with E-state index in [4.69, 9.17) is 0 Å². The number of rotatable bonds is 4. The zero-order valence-electron chi connectivity index (χ0n) is 8.05. The fraction of sp³-hybridized carbons (Fsp3) is 0.300. The van der Waals surface area contributed by atoms with Crippen LogP contribution in [0.5, 0.6) is 5.75 Å². The molecule has 0 bridgehead atoms. The Morgan fingerprint density at radius 3 is 2.56 bits per heavy atom. The van der Waals surface area contributed by atoms with Gasteiger partial charge in [-0.15, -0.1) is 0 Å². The maximum atomic E-state index is 13.1. The molecule has 88 valence electrons. The van der Waals surface area contributed by atoms with Gasteiger partial charge >= 0.3 is 6.18 Å². The number of halogens is 4. The molecule has 6 heteroatoms. The minimum atomic E-state index is -4.37. The quantitative estimate of drug-likeness (QED) is 0.593. The molecule has 0 atom stereocenters. The molecular formula is C10H8F4O2. The number of carbonyl (C=O) groups is 1. The van der Waals surface area contributed by atoms with Crippen LogP contribution in [0, 0.1) is 5.82 Å². The largest absolute Gasteiger partial charge is 0.489 e. The average molecular weight is 236 g/mol. The van der Waals surface area contributed by atoms with Crippen molar-refractivity contribution in [2.24, 2.45) is 0 Å². The van der Waals surface area contributed by atoms with Crippen LogP contribution in [-0.4, -0.2) is 19.1 Å². The maximum Gasteiger partial charge on any atom is 0.392 e. The summed E-state index contributed by atoms with van der Waals surface area (Å²) in [4.78, 5) is 10.5. The number of hydrogen-bond donors (Lipinski definition) is 0. The monoisotopic (exact) mass is 236 g/mol. The van der Waals surface area contributed by atoms with E-state index in [-0.39, 0.29) is 5.56 Å². The summed E-state index contributed by atoms with van der Waals surface area (Å²) in [5.41, 5.74) is -0.109. The van der Waals surface area contributed by atoms with E-state index in [9.17, 15) is 22.4 Å². The highest BCUT2D eigenvalue weighted by molar-refractivity contribution is 5.79. The molecule has 1 rings (SSSR count). The second kappa shape index (κ2) is 4.96. The summed E-state index contributed by atoms with van der Waals surface area (Å²) in [7, 11) is 0. The van der Waals surface area contributed by atoms with Crippen LogP contribution < -0.4 is 4.74 Å². The first kappa shape index (κ1) is 12.5. The first-order valence-electron chi connectivity index (χ1n) is 4.37. The lowest BCUT2D eigenvalue weighted by Crippen LogP contribution is -2.14. The number of ether oxygens (including phenoxy) is 1. The summed E-state index contributed by atoms with van der Waals surface area (Å²) in [6.07, 6.45) is -5.24. The Morgan fingerprint density at radius 2 is 2.00 bits per heavy atom. The molecule has 0 aromatic heterocycles. The molecule has 0 N–H and O–H groups in total. The predicted molar refractivity (Wildman–Crippen MR) is 48.0 cm³/mol. The highest BCUT2D eigenvalue weighted by atomic mass is 19.4. The number of hydrogen-bond acceptors (Lipinski definition) is 2. The first-order valence-corrected chi connectivity index (χ1v) is 4.37. The van der Waals surface area contributed by atoms with Gasteiger partial charge in [-0.3, -0.25) is 4.79 Å². The Balaban J connectivity index is 2.70. The van der Waals surface area contributed by atoms with Crippen molar-refractivity contribution in [1.29, 1.82) is 0 Å². The van der Waals surface area contributed by atoms with E-state index in [1.54, 1.807) is 0 Å². The molecule has 0 heterocycles. The molecule has 0 aliphatic heterocycles. The maximum absolute atomic E-state index is 13.1. The van der Waals surface area contributed by atoms with Crippen LogP contribution in [0.15, 0.2) is 18.2 Å². The van der Waals surface area contributed by atoms with Gasteiger partial charge in [-0.1, -0.05) is 6.07 Å². The van der Waals surface area contributed by atoms with Gasteiger partial charge in [0.15, 0.2) is 17.9 Å². The summed E-state index contributed by atoms with van der Waals surface area (Å²) in [6, 6.07) is 3.55. The zero-order chi connectivity index (χ0) is 12.2. The topological polar surface area (TPSA) is 26.3 Å². The SMILES string of the molecule is O=Cc1cccc(F)c1OCCC(F)(F)F.